The minimum absolute atomic E-state index is 0.118. The van der Waals surface area contributed by atoms with Crippen molar-refractivity contribution in [2.24, 2.45) is 5.92 Å². The topological polar surface area (TPSA) is 90.0 Å². The summed E-state index contributed by atoms with van der Waals surface area (Å²) < 4.78 is 14.1. The fraction of sp³-hybridized carbons (Fsp3) is 0.448. The van der Waals surface area contributed by atoms with Crippen LogP contribution in [0, 0.1) is 18.7 Å². The Kier molecular flexibility index (Phi) is 7.85. The molecule has 2 aromatic rings. The molecule has 2 aliphatic rings. The number of ketones is 1. The van der Waals surface area contributed by atoms with Crippen LogP contribution in [0.15, 0.2) is 42.5 Å². The van der Waals surface area contributed by atoms with Gasteiger partial charge in [-0.2, -0.15) is 0 Å². The van der Waals surface area contributed by atoms with Crippen LogP contribution in [0.2, 0.25) is 0 Å². The summed E-state index contributed by atoms with van der Waals surface area (Å²) in [6.45, 7) is 5.71. The Morgan fingerprint density at radius 2 is 1.71 bits per heavy atom. The molecule has 1 N–H and O–H groups in total. The van der Waals surface area contributed by atoms with E-state index in [-0.39, 0.29) is 35.6 Å². The summed E-state index contributed by atoms with van der Waals surface area (Å²) in [5.41, 5.74) is 2.00. The van der Waals surface area contributed by atoms with Crippen molar-refractivity contribution in [2.75, 3.05) is 32.1 Å². The molecule has 202 valence electrons. The van der Waals surface area contributed by atoms with Gasteiger partial charge in [0.25, 0.3) is 11.8 Å². The summed E-state index contributed by atoms with van der Waals surface area (Å²) >= 11 is 0. The molecule has 0 saturated carbocycles. The molecule has 4 rings (SSSR count). The Labute approximate surface area is 222 Å². The standard InChI is InChI=1S/C29H35FN4O4/c1-17(2)14-23(31-27(36)19-8-10-21(11-9-19)32(4)5)29(38)33-13-12-24-26(33)25(35)16-34(24)28(37)20-7-6-18(3)22(30)15-20/h6-11,15,17,23-24,26H,12-14,16H2,1-5H3,(H,31,36). The van der Waals surface area contributed by atoms with Crippen LogP contribution in [0.4, 0.5) is 10.1 Å². The van der Waals surface area contributed by atoms with E-state index in [1.54, 1.807) is 25.1 Å². The third kappa shape index (κ3) is 5.42. The van der Waals surface area contributed by atoms with Crippen LogP contribution < -0.4 is 10.2 Å². The molecule has 3 unspecified atom stereocenters. The average Bonchev–Trinajstić information content (AvgIpc) is 3.45. The zero-order chi connectivity index (χ0) is 27.7. The van der Waals surface area contributed by atoms with Gasteiger partial charge in [-0.15, -0.1) is 0 Å². The molecular formula is C29H35FN4O4. The summed E-state index contributed by atoms with van der Waals surface area (Å²) in [4.78, 5) is 57.9. The first-order chi connectivity index (χ1) is 18.0. The lowest BCUT2D eigenvalue weighted by molar-refractivity contribution is -0.138. The van der Waals surface area contributed by atoms with Gasteiger partial charge in [-0.3, -0.25) is 19.2 Å². The number of hydrogen-bond acceptors (Lipinski definition) is 5. The highest BCUT2D eigenvalue weighted by atomic mass is 19.1. The fourth-order valence-corrected chi connectivity index (χ4v) is 5.28. The van der Waals surface area contributed by atoms with E-state index < -0.39 is 29.8 Å². The number of fused-ring (bicyclic) bond motifs is 1. The van der Waals surface area contributed by atoms with Gasteiger partial charge in [0.1, 0.15) is 17.9 Å². The molecule has 2 aliphatic heterocycles. The van der Waals surface area contributed by atoms with Gasteiger partial charge in [-0.1, -0.05) is 19.9 Å². The highest BCUT2D eigenvalue weighted by molar-refractivity contribution is 6.03. The second-order valence-corrected chi connectivity index (χ2v) is 10.8. The fourth-order valence-electron chi connectivity index (χ4n) is 5.28. The molecular weight excluding hydrogens is 487 g/mol. The Morgan fingerprint density at radius 3 is 2.32 bits per heavy atom. The van der Waals surface area contributed by atoms with E-state index in [1.165, 1.54) is 21.9 Å². The largest absolute Gasteiger partial charge is 0.378 e. The lowest BCUT2D eigenvalue weighted by Gasteiger charge is -2.29. The molecule has 0 spiro atoms. The van der Waals surface area contributed by atoms with Crippen LogP contribution in [0.5, 0.6) is 0 Å². The van der Waals surface area contributed by atoms with Gasteiger partial charge in [-0.25, -0.2) is 4.39 Å². The smallest absolute Gasteiger partial charge is 0.254 e. The number of hydrogen-bond donors (Lipinski definition) is 1. The number of Topliss-reactive ketones (excluding diaryl/α,β-unsaturated/α-hetero) is 1. The van der Waals surface area contributed by atoms with E-state index >= 15 is 0 Å². The lowest BCUT2D eigenvalue weighted by atomic mass is 10.0. The Hall–Kier alpha value is -3.75. The summed E-state index contributed by atoms with van der Waals surface area (Å²) in [6.07, 6.45) is 0.851. The molecule has 0 radical (unpaired) electrons. The van der Waals surface area contributed by atoms with E-state index in [0.29, 0.717) is 30.5 Å². The molecule has 8 nitrogen and oxygen atoms in total. The molecule has 3 amide bonds. The maximum absolute atomic E-state index is 14.1. The van der Waals surface area contributed by atoms with Crippen LogP contribution in [0.1, 0.15) is 53.0 Å². The molecule has 3 atom stereocenters. The lowest BCUT2D eigenvalue weighted by Crippen LogP contribution is -2.53. The second-order valence-electron chi connectivity index (χ2n) is 10.8. The predicted molar refractivity (Wildman–Crippen MR) is 143 cm³/mol. The first-order valence-corrected chi connectivity index (χ1v) is 13.0. The summed E-state index contributed by atoms with van der Waals surface area (Å²) in [5.74, 6) is -1.70. The highest BCUT2D eigenvalue weighted by Crippen LogP contribution is 2.32. The normalized spacial score (nSPS) is 19.5. The van der Waals surface area contributed by atoms with Crippen LogP contribution in [0.3, 0.4) is 0 Å². The minimum atomic E-state index is -0.807. The van der Waals surface area contributed by atoms with E-state index in [4.69, 9.17) is 0 Å². The maximum atomic E-state index is 14.1. The number of nitrogens with one attached hydrogen (secondary N) is 1. The summed E-state index contributed by atoms with van der Waals surface area (Å²) in [6, 6.07) is 9.32. The molecule has 0 aromatic heterocycles. The third-order valence-electron chi connectivity index (χ3n) is 7.34. The molecule has 2 heterocycles. The van der Waals surface area contributed by atoms with Gasteiger partial charge < -0.3 is 20.0 Å². The molecule has 2 aromatic carbocycles. The van der Waals surface area contributed by atoms with Crippen molar-refractivity contribution in [3.8, 4) is 0 Å². The first-order valence-electron chi connectivity index (χ1n) is 13.0. The Bertz CT molecular complexity index is 1240. The van der Waals surface area contributed by atoms with Crippen LogP contribution in [-0.2, 0) is 9.59 Å². The van der Waals surface area contributed by atoms with Crippen molar-refractivity contribution >= 4 is 29.2 Å². The first kappa shape index (κ1) is 27.3. The van der Waals surface area contributed by atoms with Crippen molar-refractivity contribution in [3.05, 3.63) is 65.0 Å². The van der Waals surface area contributed by atoms with Crippen molar-refractivity contribution in [1.82, 2.24) is 15.1 Å². The zero-order valence-corrected chi connectivity index (χ0v) is 22.5. The SMILES string of the molecule is Cc1ccc(C(=O)N2CC(=O)C3C2CCN3C(=O)C(CC(C)C)NC(=O)c2ccc(N(C)C)cc2)cc1F. The number of likely N-dealkylation sites (tertiary alicyclic amines) is 2. The van der Waals surface area contributed by atoms with Crippen molar-refractivity contribution in [2.45, 2.75) is 51.7 Å². The minimum Gasteiger partial charge on any atom is -0.378 e. The average molecular weight is 523 g/mol. The molecule has 38 heavy (non-hydrogen) atoms. The Morgan fingerprint density at radius 1 is 1.05 bits per heavy atom. The second kappa shape index (κ2) is 10.9. The van der Waals surface area contributed by atoms with E-state index in [0.717, 1.165) is 5.69 Å². The van der Waals surface area contributed by atoms with E-state index in [9.17, 15) is 23.6 Å². The summed E-state index contributed by atoms with van der Waals surface area (Å²) in [7, 11) is 3.82. The molecule has 0 aliphatic carbocycles. The van der Waals surface area contributed by atoms with Crippen LogP contribution >= 0.6 is 0 Å². The highest BCUT2D eigenvalue weighted by Gasteiger charge is 2.52. The van der Waals surface area contributed by atoms with Gasteiger partial charge in [0.05, 0.1) is 12.6 Å². The number of halogens is 1. The molecule has 0 bridgehead atoms. The molecule has 9 heteroatoms. The van der Waals surface area contributed by atoms with Gasteiger partial charge in [-0.05, 0) is 67.6 Å². The molecule has 2 fully saturated rings. The molecule has 2 saturated heterocycles. The van der Waals surface area contributed by atoms with Crippen molar-refractivity contribution in [1.29, 1.82) is 0 Å². The summed E-state index contributed by atoms with van der Waals surface area (Å²) in [5, 5.41) is 2.88. The number of rotatable bonds is 7. The van der Waals surface area contributed by atoms with E-state index in [2.05, 4.69) is 5.32 Å². The predicted octanol–water partition coefficient (Wildman–Crippen LogP) is 3.04. The number of carbonyl (C=O) groups excluding carboxylic acids is 4. The van der Waals surface area contributed by atoms with Crippen molar-refractivity contribution < 1.29 is 23.6 Å². The number of anilines is 1. The van der Waals surface area contributed by atoms with Crippen LogP contribution in [0.25, 0.3) is 0 Å². The number of nitrogens with zero attached hydrogens (tertiary/aromatic N) is 3. The third-order valence-corrected chi connectivity index (χ3v) is 7.34. The van der Waals surface area contributed by atoms with Crippen LogP contribution in [-0.4, -0.2) is 78.6 Å². The number of amides is 3. The quantitative estimate of drug-likeness (QED) is 0.604. The zero-order valence-electron chi connectivity index (χ0n) is 22.5. The maximum Gasteiger partial charge on any atom is 0.254 e. The van der Waals surface area contributed by atoms with Gasteiger partial charge in [0.2, 0.25) is 5.91 Å². The Balaban J connectivity index is 1.50. The van der Waals surface area contributed by atoms with E-state index in [1.807, 2.05) is 45.0 Å². The monoisotopic (exact) mass is 522 g/mol. The van der Waals surface area contributed by atoms with Gasteiger partial charge in [0.15, 0.2) is 5.78 Å². The van der Waals surface area contributed by atoms with Gasteiger partial charge in [0, 0.05) is 37.5 Å². The number of benzene rings is 2. The van der Waals surface area contributed by atoms with Gasteiger partial charge >= 0.3 is 0 Å². The van der Waals surface area contributed by atoms with Crippen molar-refractivity contribution in [3.63, 3.8) is 0 Å². The number of carbonyl (C=O) groups is 4. The number of aryl methyl sites for hydroxylation is 1.